The van der Waals surface area contributed by atoms with Gasteiger partial charge >= 0.3 is 5.97 Å². The lowest BCUT2D eigenvalue weighted by molar-refractivity contribution is 0.0223. The summed E-state index contributed by atoms with van der Waals surface area (Å²) in [5.74, 6) is -0.808. The summed E-state index contributed by atoms with van der Waals surface area (Å²) in [6.45, 7) is 0.755. The molecule has 1 heterocycles. The minimum atomic E-state index is -0.926. The van der Waals surface area contributed by atoms with Gasteiger partial charge in [0, 0.05) is 22.2 Å². The lowest BCUT2D eigenvalue weighted by Gasteiger charge is -2.22. The van der Waals surface area contributed by atoms with Gasteiger partial charge < -0.3 is 14.9 Å². The van der Waals surface area contributed by atoms with Gasteiger partial charge in [-0.25, -0.2) is 4.79 Å². The summed E-state index contributed by atoms with van der Waals surface area (Å²) in [7, 11) is 0. The van der Waals surface area contributed by atoms with Crippen LogP contribution in [0, 0.1) is 11.8 Å². The molecule has 27 heavy (non-hydrogen) atoms. The molecule has 0 spiro atoms. The summed E-state index contributed by atoms with van der Waals surface area (Å²) in [5, 5.41) is 20.1. The van der Waals surface area contributed by atoms with E-state index < -0.39 is 12.1 Å². The number of thiocarbonyl (C=S) groups is 1. The van der Waals surface area contributed by atoms with E-state index in [1.54, 1.807) is 12.1 Å². The number of hydrogen-bond acceptors (Lipinski definition) is 5. The van der Waals surface area contributed by atoms with Crippen LogP contribution in [-0.4, -0.2) is 33.8 Å². The lowest BCUT2D eigenvalue weighted by Crippen LogP contribution is -2.25. The topological polar surface area (TPSA) is 66.8 Å². The number of thiophene rings is 1. The van der Waals surface area contributed by atoms with Crippen molar-refractivity contribution >= 4 is 46.0 Å². The monoisotopic (exact) mass is 424 g/mol. The van der Waals surface area contributed by atoms with Crippen molar-refractivity contribution in [1.82, 2.24) is 0 Å². The van der Waals surface area contributed by atoms with Crippen molar-refractivity contribution in [3.05, 3.63) is 56.7 Å². The average molecular weight is 425 g/mol. The van der Waals surface area contributed by atoms with Crippen LogP contribution in [0.25, 0.3) is 0 Å². The van der Waals surface area contributed by atoms with Crippen LogP contribution >= 0.6 is 35.2 Å². The maximum Gasteiger partial charge on any atom is 0.345 e. The number of aromatic carboxylic acids is 1. The number of benzene rings is 1. The van der Waals surface area contributed by atoms with E-state index in [0.717, 1.165) is 27.6 Å². The zero-order valence-electron chi connectivity index (χ0n) is 14.6. The number of halogens is 1. The Kier molecular flexibility index (Phi) is 7.00. The molecule has 0 radical (unpaired) electrons. The largest absolute Gasteiger partial charge is 0.477 e. The van der Waals surface area contributed by atoms with Crippen molar-refractivity contribution in [2.75, 3.05) is 6.61 Å². The summed E-state index contributed by atoms with van der Waals surface area (Å²) in [6, 6.07) is 11.1. The highest BCUT2D eigenvalue weighted by atomic mass is 35.5. The minimum Gasteiger partial charge on any atom is -0.477 e. The van der Waals surface area contributed by atoms with Crippen LogP contribution in [0.15, 0.2) is 36.4 Å². The third kappa shape index (κ3) is 5.36. The van der Waals surface area contributed by atoms with Gasteiger partial charge in [0.1, 0.15) is 4.88 Å². The van der Waals surface area contributed by atoms with E-state index in [1.165, 1.54) is 16.9 Å². The van der Waals surface area contributed by atoms with Gasteiger partial charge in [-0.1, -0.05) is 36.0 Å². The Balaban J connectivity index is 1.54. The van der Waals surface area contributed by atoms with Gasteiger partial charge in [-0.2, -0.15) is 0 Å². The van der Waals surface area contributed by atoms with E-state index in [2.05, 4.69) is 0 Å². The number of aryl methyl sites for hydroxylation is 1. The van der Waals surface area contributed by atoms with Gasteiger partial charge in [-0.15, -0.1) is 11.3 Å². The summed E-state index contributed by atoms with van der Waals surface area (Å²) in [4.78, 5) is 13.0. The van der Waals surface area contributed by atoms with Gasteiger partial charge in [-0.3, -0.25) is 0 Å². The molecule has 2 aromatic rings. The zero-order chi connectivity index (χ0) is 19.4. The van der Waals surface area contributed by atoms with Crippen molar-refractivity contribution in [3.63, 3.8) is 0 Å². The van der Waals surface area contributed by atoms with Crippen LogP contribution in [-0.2, 0) is 17.8 Å². The lowest BCUT2D eigenvalue weighted by atomic mass is 9.89. The van der Waals surface area contributed by atoms with Crippen molar-refractivity contribution in [1.29, 1.82) is 0 Å². The molecule has 7 heteroatoms. The molecule has 0 bridgehead atoms. The Morgan fingerprint density at radius 2 is 2.00 bits per heavy atom. The average Bonchev–Trinajstić information content (AvgIpc) is 3.20. The standard InChI is InChI=1S/C20H21ClO4S2/c21-13-4-1-12(2-5-13)3-7-15-16(17(22)9-18(15)26)11-25-10-14-6-8-19(27-14)20(23)24/h1-2,4-6,8,15-17,22H,3,7,9-11H2,(H,23,24)/t15?,16-,17?/m1/s1. The number of carboxylic acids is 1. The number of ether oxygens (including phenoxy) is 1. The molecule has 2 N–H and O–H groups in total. The fourth-order valence-corrected chi connectivity index (χ4v) is 4.83. The third-order valence-corrected chi connectivity index (χ3v) is 6.69. The van der Waals surface area contributed by atoms with Crippen molar-refractivity contribution < 1.29 is 19.7 Å². The molecular weight excluding hydrogens is 404 g/mol. The second-order valence-electron chi connectivity index (χ2n) is 6.76. The molecule has 0 aliphatic heterocycles. The quantitative estimate of drug-likeness (QED) is 0.605. The van der Waals surface area contributed by atoms with E-state index in [1.807, 2.05) is 24.3 Å². The van der Waals surface area contributed by atoms with Gasteiger partial charge in [0.2, 0.25) is 0 Å². The zero-order valence-corrected chi connectivity index (χ0v) is 17.0. The molecule has 1 fully saturated rings. The second kappa shape index (κ2) is 9.26. The first-order valence-electron chi connectivity index (χ1n) is 8.79. The van der Waals surface area contributed by atoms with Gasteiger partial charge in [0.25, 0.3) is 0 Å². The highest BCUT2D eigenvalue weighted by Gasteiger charge is 2.38. The van der Waals surface area contributed by atoms with Crippen LogP contribution in [0.4, 0.5) is 0 Å². The second-order valence-corrected chi connectivity index (χ2v) is 8.89. The SMILES string of the molecule is O=C(O)c1ccc(COC[C@H]2C(O)CC(=S)C2CCc2ccc(Cl)cc2)s1. The highest BCUT2D eigenvalue weighted by molar-refractivity contribution is 7.80. The van der Waals surface area contributed by atoms with Crippen LogP contribution in [0.5, 0.6) is 0 Å². The number of rotatable bonds is 8. The normalized spacial score (nSPS) is 22.3. The molecule has 3 atom stereocenters. The molecule has 3 rings (SSSR count). The first kappa shape index (κ1) is 20.4. The molecule has 1 aliphatic carbocycles. The summed E-state index contributed by atoms with van der Waals surface area (Å²) in [5.41, 5.74) is 1.20. The fourth-order valence-electron chi connectivity index (χ4n) is 3.46. The Bertz CT molecular complexity index is 803. The predicted octanol–water partition coefficient (Wildman–Crippen LogP) is 4.62. The molecule has 0 amide bonds. The van der Waals surface area contributed by atoms with Crippen molar-refractivity contribution in [3.8, 4) is 0 Å². The Hall–Kier alpha value is -1.31. The Labute approximate surface area is 172 Å². The van der Waals surface area contributed by atoms with Crippen LogP contribution in [0.1, 0.15) is 33.0 Å². The molecule has 1 aliphatic rings. The summed E-state index contributed by atoms with van der Waals surface area (Å²) >= 11 is 12.6. The smallest absolute Gasteiger partial charge is 0.345 e. The molecule has 1 aromatic carbocycles. The van der Waals surface area contributed by atoms with Gasteiger partial charge in [0.15, 0.2) is 0 Å². The molecule has 144 valence electrons. The molecule has 1 saturated carbocycles. The number of hydrogen-bond donors (Lipinski definition) is 2. The Morgan fingerprint density at radius 3 is 2.67 bits per heavy atom. The molecule has 2 unspecified atom stereocenters. The number of carboxylic acid groups (broad SMARTS) is 1. The number of aliphatic hydroxyl groups excluding tert-OH is 1. The highest BCUT2D eigenvalue weighted by Crippen LogP contribution is 2.34. The van der Waals surface area contributed by atoms with E-state index in [4.69, 9.17) is 33.7 Å². The summed E-state index contributed by atoms with van der Waals surface area (Å²) < 4.78 is 5.79. The van der Waals surface area contributed by atoms with Gasteiger partial charge in [-0.05, 0) is 53.5 Å². The van der Waals surface area contributed by atoms with Gasteiger partial charge in [0.05, 0.1) is 19.3 Å². The van der Waals surface area contributed by atoms with Crippen LogP contribution in [0.3, 0.4) is 0 Å². The molecule has 0 saturated heterocycles. The summed E-state index contributed by atoms with van der Waals surface area (Å²) in [6.07, 6.45) is 1.80. The first-order chi connectivity index (χ1) is 12.9. The van der Waals surface area contributed by atoms with E-state index in [-0.39, 0.29) is 11.8 Å². The predicted molar refractivity (Wildman–Crippen MR) is 111 cm³/mol. The molecular formula is C20H21ClO4S2. The number of carbonyl (C=O) groups is 1. The number of aliphatic hydroxyl groups is 1. The maximum absolute atomic E-state index is 10.9. The first-order valence-corrected chi connectivity index (χ1v) is 10.4. The third-order valence-electron chi connectivity index (χ3n) is 4.92. The van der Waals surface area contributed by atoms with Crippen LogP contribution in [0.2, 0.25) is 5.02 Å². The molecule has 4 nitrogen and oxygen atoms in total. The maximum atomic E-state index is 10.9. The van der Waals surface area contributed by atoms with Crippen LogP contribution < -0.4 is 0 Å². The van der Waals surface area contributed by atoms with Crippen molar-refractivity contribution in [2.24, 2.45) is 11.8 Å². The van der Waals surface area contributed by atoms with E-state index in [9.17, 15) is 9.90 Å². The van der Waals surface area contributed by atoms with E-state index >= 15 is 0 Å². The Morgan fingerprint density at radius 1 is 1.26 bits per heavy atom. The van der Waals surface area contributed by atoms with E-state index in [0.29, 0.717) is 24.5 Å². The van der Waals surface area contributed by atoms with Crippen molar-refractivity contribution in [2.45, 2.75) is 32.0 Å². The minimum absolute atomic E-state index is 0.0243. The molecule has 1 aromatic heterocycles. The fraction of sp³-hybridized carbons (Fsp3) is 0.400.